The predicted octanol–water partition coefficient (Wildman–Crippen LogP) is 2.35. The van der Waals surface area contributed by atoms with Gasteiger partial charge < -0.3 is 5.31 Å². The molecule has 0 fully saturated rings. The topological polar surface area (TPSA) is 94.3 Å². The zero-order valence-corrected chi connectivity index (χ0v) is 17.5. The molecule has 34 heavy (non-hydrogen) atoms. The summed E-state index contributed by atoms with van der Waals surface area (Å²) >= 11 is 0. The van der Waals surface area contributed by atoms with Crippen molar-refractivity contribution in [1.82, 2.24) is 0 Å². The van der Waals surface area contributed by atoms with E-state index in [0.29, 0.717) is 11.1 Å². The Balaban J connectivity index is 1.46. The van der Waals surface area contributed by atoms with Crippen molar-refractivity contribution in [3.05, 3.63) is 117 Å². The first-order chi connectivity index (χ1) is 17.4. The van der Waals surface area contributed by atoms with Crippen molar-refractivity contribution in [2.45, 2.75) is 6.04 Å². The highest BCUT2D eigenvalue weighted by atomic mass is 16.1. The normalized spacial score (nSPS) is 20.7. The molecule has 2 N–H and O–H groups in total. The zero-order valence-electron chi connectivity index (χ0n) is 19.5. The molecule has 1 aliphatic heterocycles. The van der Waals surface area contributed by atoms with Gasteiger partial charge in [0.05, 0.1) is 0 Å². The Kier molecular flexibility index (Phi) is 3.18. The smallest absolute Gasteiger partial charge is 0.364 e. The fourth-order valence-corrected chi connectivity index (χ4v) is 5.13. The molecule has 1 atom stereocenters. The maximum absolute atomic E-state index is 13.5. The molecule has 6 heteroatoms. The van der Waals surface area contributed by atoms with Crippen LogP contribution in [0.1, 0.15) is 52.6 Å². The second kappa shape index (κ2) is 6.42. The number of allylic oxidation sites excluding steroid dienone is 2. The van der Waals surface area contributed by atoms with Gasteiger partial charge in [0.2, 0.25) is 17.2 Å². The number of nitrogens with one attached hydrogen (secondary N) is 2. The van der Waals surface area contributed by atoms with Gasteiger partial charge in [0, 0.05) is 45.0 Å². The van der Waals surface area contributed by atoms with E-state index in [9.17, 15) is 19.2 Å². The summed E-state index contributed by atoms with van der Waals surface area (Å²) in [6.45, 7) is 0. The fraction of sp³-hybridized carbons (Fsp3) is 0.0357. The highest BCUT2D eigenvalue weighted by Gasteiger charge is 2.44. The van der Waals surface area contributed by atoms with Crippen LogP contribution in [0.15, 0.2) is 84.0 Å². The average Bonchev–Trinajstić information content (AvgIpc) is 2.92. The van der Waals surface area contributed by atoms with Crippen LogP contribution in [-0.2, 0) is 0 Å². The summed E-state index contributed by atoms with van der Waals surface area (Å²) in [6.07, 6.45) is 3.03. The molecule has 3 aromatic rings. The van der Waals surface area contributed by atoms with E-state index in [1.54, 1.807) is 48.5 Å². The van der Waals surface area contributed by atoms with Crippen molar-refractivity contribution in [1.29, 1.82) is 0 Å². The summed E-state index contributed by atoms with van der Waals surface area (Å²) < 4.78 is 18.0. The van der Waals surface area contributed by atoms with Gasteiger partial charge in [-0.1, -0.05) is 48.5 Å². The Morgan fingerprint density at radius 2 is 1.32 bits per heavy atom. The summed E-state index contributed by atoms with van der Waals surface area (Å²) in [4.78, 5) is 54.5. The van der Waals surface area contributed by atoms with Crippen molar-refractivity contribution >= 4 is 40.2 Å². The van der Waals surface area contributed by atoms with Crippen LogP contribution in [0.2, 0.25) is 2.82 Å². The van der Waals surface area contributed by atoms with Crippen molar-refractivity contribution in [3.8, 4) is 0 Å². The first kappa shape index (κ1) is 16.9. The summed E-state index contributed by atoms with van der Waals surface area (Å²) in [5, 5.41) is 1.06. The van der Waals surface area contributed by atoms with Crippen LogP contribution < -0.4 is 10.3 Å². The van der Waals surface area contributed by atoms with E-state index in [1.165, 1.54) is 24.3 Å². The molecule has 0 aromatic heterocycles. The average molecular weight is 445 g/mol. The number of rotatable bonds is 0. The van der Waals surface area contributed by atoms with E-state index in [2.05, 4.69) is 0 Å². The van der Waals surface area contributed by atoms with Gasteiger partial charge in [-0.15, -0.1) is 0 Å². The summed E-state index contributed by atoms with van der Waals surface area (Å²) in [7, 11) is 0. The van der Waals surface area contributed by atoms with E-state index in [-0.39, 0.29) is 67.8 Å². The number of anilines is 1. The summed E-state index contributed by atoms with van der Waals surface area (Å²) in [5.41, 5.74) is 2.19. The second-order valence-corrected chi connectivity index (χ2v) is 8.49. The highest BCUT2D eigenvalue weighted by molar-refractivity contribution is 6.33. The quantitative estimate of drug-likeness (QED) is 0.433. The van der Waals surface area contributed by atoms with Crippen LogP contribution in [-0.4, -0.2) is 34.9 Å². The third kappa shape index (κ3) is 2.26. The lowest BCUT2D eigenvalue weighted by Crippen LogP contribution is -2.74. The Morgan fingerprint density at radius 1 is 0.706 bits per heavy atom. The number of hydrogen-bond acceptors (Lipinski definition) is 5. The molecule has 160 valence electrons. The lowest BCUT2D eigenvalue weighted by molar-refractivity contribution is -0.355. The third-order valence-electron chi connectivity index (χ3n) is 6.72. The molecule has 0 bridgehead atoms. The minimum Gasteiger partial charge on any atom is -0.364 e. The number of benzene rings is 3. The van der Waals surface area contributed by atoms with E-state index in [4.69, 9.17) is 2.82 Å². The van der Waals surface area contributed by atoms with Crippen LogP contribution in [0.25, 0.3) is 0 Å². The lowest BCUT2D eigenvalue weighted by atomic mass is 9.76. The lowest BCUT2D eigenvalue weighted by Gasteiger charge is -2.30. The molecule has 4 aliphatic rings. The van der Waals surface area contributed by atoms with Crippen molar-refractivity contribution < 1.29 is 27.0 Å². The first-order valence-corrected chi connectivity index (χ1v) is 10.8. The molecule has 0 spiro atoms. The van der Waals surface area contributed by atoms with Gasteiger partial charge in [0.1, 0.15) is 17.3 Å². The molecule has 1 heterocycles. The highest BCUT2D eigenvalue weighted by Crippen LogP contribution is 2.38. The fourth-order valence-electron chi connectivity index (χ4n) is 5.13. The van der Waals surface area contributed by atoms with Gasteiger partial charge in [0.25, 0.3) is 0 Å². The minimum absolute atomic E-state index is 0.0546. The van der Waals surface area contributed by atoms with Crippen LogP contribution >= 0.6 is 0 Å². The largest absolute Gasteiger partial charge is 0.454 e. The number of carbonyl (C=O) groups is 4. The third-order valence-corrected chi connectivity index (χ3v) is 6.72. The number of hydrogen-bond donors (Lipinski definition) is 2. The number of carbonyl (C=O) groups excluding carboxylic acids is 4. The van der Waals surface area contributed by atoms with Gasteiger partial charge in [-0.3, -0.25) is 19.2 Å². The summed E-state index contributed by atoms with van der Waals surface area (Å²) in [6, 6.07) is 15.1. The maximum Gasteiger partial charge on any atom is 0.454 e. The molecule has 1 unspecified atom stereocenters. The summed E-state index contributed by atoms with van der Waals surface area (Å²) in [5.74, 6) is -1.42. The molecule has 3 aliphatic carbocycles. The van der Waals surface area contributed by atoms with Crippen LogP contribution in [0.3, 0.4) is 0 Å². The van der Waals surface area contributed by atoms with Crippen molar-refractivity contribution in [2.75, 3.05) is 5.31 Å². The molecule has 0 amide bonds. The number of fused-ring (bicyclic) bond motifs is 7. The monoisotopic (exact) mass is 445 g/mol. The molecule has 3 aromatic carbocycles. The van der Waals surface area contributed by atoms with Crippen molar-refractivity contribution in [3.63, 3.8) is 0 Å². The van der Waals surface area contributed by atoms with Crippen LogP contribution in [0.5, 0.6) is 0 Å². The molecule has 0 radical (unpaired) electrons. The van der Waals surface area contributed by atoms with Crippen LogP contribution in [0, 0.1) is 0 Å². The van der Waals surface area contributed by atoms with Gasteiger partial charge in [0.15, 0.2) is 18.8 Å². The van der Waals surface area contributed by atoms with Crippen molar-refractivity contribution in [2.24, 2.45) is 0 Å². The van der Waals surface area contributed by atoms with Gasteiger partial charge in [-0.2, -0.15) is 0 Å². The van der Waals surface area contributed by atoms with E-state index in [0.717, 1.165) is 10.3 Å². The van der Waals surface area contributed by atoms with Gasteiger partial charge in [-0.05, 0) is 18.2 Å². The Hall–Kier alpha value is -4.71. The maximum atomic E-state index is 13.5. The van der Waals surface area contributed by atoms with Crippen LogP contribution in [0.4, 0.5) is 11.4 Å². The zero-order chi connectivity index (χ0) is 24.9. The van der Waals surface area contributed by atoms with E-state index >= 15 is 0 Å². The number of Topliss-reactive ketones (excluding diaryl/α,β-unsaturated/α-hetero) is 2. The van der Waals surface area contributed by atoms with Gasteiger partial charge in [-0.25, -0.2) is 4.99 Å². The minimum atomic E-state index is -1.03. The Bertz CT molecular complexity index is 1750. The second-order valence-electron chi connectivity index (χ2n) is 8.49. The SMILES string of the molecule is [2H]N1c2ccc3c(c2[N+]([2H])=C2C=CC4=C(C(=O)c5ccccc5C4=O)C21)C(=O)c1ccccc1C3=O. The van der Waals surface area contributed by atoms with E-state index < -0.39 is 11.8 Å². The standard InChI is InChI=1S/C28H14N2O4/c31-25-13-5-1-3-7-15(13)27(33)21-17(25)9-11-19-23(21)29-20-12-10-18-22(24(20)30-19)28(34)16-8-4-2-6-14(16)26(18)32/h1-12,23,29H/p+1/i/hD2. The van der Waals surface area contributed by atoms with E-state index in [1.807, 2.05) is 0 Å². The molecule has 0 saturated heterocycles. The molecule has 7 rings (SSSR count). The Labute approximate surface area is 196 Å². The first-order valence-electron chi connectivity index (χ1n) is 11.7. The number of ketones is 4. The molecular weight excluding hydrogens is 428 g/mol. The Morgan fingerprint density at radius 3 is 2.03 bits per heavy atom. The van der Waals surface area contributed by atoms with Gasteiger partial charge >= 0.3 is 1.41 Å². The predicted molar refractivity (Wildman–Crippen MR) is 124 cm³/mol. The molecule has 0 saturated carbocycles. The molecule has 6 nitrogen and oxygen atoms in total. The molecular formula is C28H15N2O4+.